The lowest BCUT2D eigenvalue weighted by Crippen LogP contribution is -2.18. The normalized spacial score (nSPS) is 21.1. The Morgan fingerprint density at radius 3 is 2.90 bits per heavy atom. The van der Waals surface area contributed by atoms with E-state index >= 15 is 0 Å². The Kier molecular flexibility index (Phi) is 4.20. The first-order valence-electron chi connectivity index (χ1n) is 7.61. The predicted molar refractivity (Wildman–Crippen MR) is 90.7 cm³/mol. The van der Waals surface area contributed by atoms with Crippen molar-refractivity contribution in [3.05, 3.63) is 89.2 Å². The highest BCUT2D eigenvalue weighted by Crippen LogP contribution is 2.28. The molecule has 0 amide bonds. The first-order valence-corrected chi connectivity index (χ1v) is 7.61. The fourth-order valence-corrected chi connectivity index (χ4v) is 2.85. The number of hydrogen-bond acceptors (Lipinski definition) is 1. The molecular weight excluding hydrogens is 254 g/mol. The predicted octanol–water partition coefficient (Wildman–Crippen LogP) is 5.08. The van der Waals surface area contributed by atoms with Crippen LogP contribution in [0.2, 0.25) is 0 Å². The van der Waals surface area contributed by atoms with E-state index in [4.69, 9.17) is 0 Å². The van der Waals surface area contributed by atoms with Crippen LogP contribution in [-0.2, 0) is 0 Å². The average Bonchev–Trinajstić information content (AvgIpc) is 2.55. The molecule has 2 aliphatic rings. The van der Waals surface area contributed by atoms with Gasteiger partial charge in [0.05, 0.1) is 6.04 Å². The van der Waals surface area contributed by atoms with Crippen LogP contribution < -0.4 is 5.32 Å². The van der Waals surface area contributed by atoms with E-state index in [9.17, 15) is 0 Å². The van der Waals surface area contributed by atoms with Crippen LogP contribution in [0.4, 0.5) is 0 Å². The molecule has 1 heterocycles. The van der Waals surface area contributed by atoms with E-state index in [2.05, 4.69) is 79.0 Å². The van der Waals surface area contributed by atoms with E-state index in [1.165, 1.54) is 22.3 Å². The van der Waals surface area contributed by atoms with Crippen molar-refractivity contribution in [2.45, 2.75) is 25.8 Å². The van der Waals surface area contributed by atoms with Gasteiger partial charge in [0.1, 0.15) is 0 Å². The molecule has 0 saturated heterocycles. The zero-order valence-corrected chi connectivity index (χ0v) is 12.4. The van der Waals surface area contributed by atoms with Crippen LogP contribution in [0.25, 0.3) is 6.08 Å². The first kappa shape index (κ1) is 13.7. The molecule has 3 rings (SSSR count). The maximum absolute atomic E-state index is 3.46. The van der Waals surface area contributed by atoms with Crippen LogP contribution in [0.5, 0.6) is 0 Å². The van der Waals surface area contributed by atoms with E-state index in [1.807, 2.05) is 6.20 Å². The minimum absolute atomic E-state index is 0.230. The minimum Gasteiger partial charge on any atom is -0.381 e. The second-order valence-electron chi connectivity index (χ2n) is 5.37. The third-order valence-corrected chi connectivity index (χ3v) is 3.89. The largest absolute Gasteiger partial charge is 0.381 e. The summed E-state index contributed by atoms with van der Waals surface area (Å²) in [7, 11) is 0. The van der Waals surface area contributed by atoms with Gasteiger partial charge in [0.25, 0.3) is 0 Å². The zero-order valence-electron chi connectivity index (χ0n) is 12.4. The maximum atomic E-state index is 3.46. The molecule has 0 saturated carbocycles. The molecule has 1 heteroatoms. The molecular formula is C20H21N. The quantitative estimate of drug-likeness (QED) is 0.758. The summed E-state index contributed by atoms with van der Waals surface area (Å²) in [5, 5.41) is 3.46. The van der Waals surface area contributed by atoms with Crippen molar-refractivity contribution in [3.63, 3.8) is 0 Å². The lowest BCUT2D eigenvalue weighted by molar-refractivity contribution is 0.743. The minimum atomic E-state index is 0.230. The lowest BCUT2D eigenvalue weighted by Gasteiger charge is -2.22. The van der Waals surface area contributed by atoms with Gasteiger partial charge >= 0.3 is 0 Å². The SMILES string of the molecule is C/C=C\C(=C/C1NC=Cc2ccccc21)C1=CCCC=C1. The maximum Gasteiger partial charge on any atom is 0.0707 e. The van der Waals surface area contributed by atoms with Crippen molar-refractivity contribution in [2.75, 3.05) is 0 Å². The van der Waals surface area contributed by atoms with E-state index in [0.717, 1.165) is 12.8 Å². The molecule has 1 aromatic carbocycles. The summed E-state index contributed by atoms with van der Waals surface area (Å²) in [5.41, 5.74) is 5.25. The Balaban J connectivity index is 1.96. The zero-order chi connectivity index (χ0) is 14.5. The second kappa shape index (κ2) is 6.45. The standard InChI is InChI=1S/C20H21N/c1-2-8-18(16-9-4-3-5-10-16)15-20-19-12-7-6-11-17(19)13-14-21-20/h2,4,6-15,20-21H,3,5H2,1H3/b8-2-,18-15+. The summed E-state index contributed by atoms with van der Waals surface area (Å²) < 4.78 is 0. The first-order chi connectivity index (χ1) is 10.4. The summed E-state index contributed by atoms with van der Waals surface area (Å²) in [6.45, 7) is 2.07. The number of allylic oxidation sites excluding steroid dienone is 7. The molecule has 0 fully saturated rings. The number of hydrogen-bond donors (Lipinski definition) is 1. The van der Waals surface area contributed by atoms with Gasteiger partial charge in [-0.2, -0.15) is 0 Å². The summed E-state index contributed by atoms with van der Waals surface area (Å²) in [6, 6.07) is 8.80. The van der Waals surface area contributed by atoms with Crippen molar-refractivity contribution >= 4 is 6.08 Å². The van der Waals surface area contributed by atoms with E-state index in [1.54, 1.807) is 0 Å². The Bertz CT molecular complexity index is 656. The van der Waals surface area contributed by atoms with Crippen molar-refractivity contribution in [3.8, 4) is 0 Å². The van der Waals surface area contributed by atoms with Crippen LogP contribution in [-0.4, -0.2) is 0 Å². The molecule has 1 unspecified atom stereocenters. The molecule has 1 aliphatic heterocycles. The van der Waals surface area contributed by atoms with Crippen molar-refractivity contribution in [1.29, 1.82) is 0 Å². The molecule has 0 bridgehead atoms. The van der Waals surface area contributed by atoms with Crippen molar-refractivity contribution in [2.24, 2.45) is 0 Å². The van der Waals surface area contributed by atoms with Gasteiger partial charge in [-0.1, -0.05) is 60.7 Å². The van der Waals surface area contributed by atoms with Gasteiger partial charge in [0, 0.05) is 0 Å². The number of fused-ring (bicyclic) bond motifs is 1. The monoisotopic (exact) mass is 275 g/mol. The van der Waals surface area contributed by atoms with E-state index < -0.39 is 0 Å². The van der Waals surface area contributed by atoms with Gasteiger partial charge in [-0.25, -0.2) is 0 Å². The fourth-order valence-electron chi connectivity index (χ4n) is 2.85. The van der Waals surface area contributed by atoms with Crippen molar-refractivity contribution in [1.82, 2.24) is 5.32 Å². The smallest absolute Gasteiger partial charge is 0.0707 e. The highest BCUT2D eigenvalue weighted by Gasteiger charge is 2.14. The Morgan fingerprint density at radius 1 is 1.19 bits per heavy atom. The molecule has 21 heavy (non-hydrogen) atoms. The van der Waals surface area contributed by atoms with Crippen LogP contribution in [0, 0.1) is 0 Å². The van der Waals surface area contributed by atoms with E-state index in [0.29, 0.717) is 0 Å². The topological polar surface area (TPSA) is 12.0 Å². The van der Waals surface area contributed by atoms with Gasteiger partial charge in [-0.15, -0.1) is 0 Å². The summed E-state index contributed by atoms with van der Waals surface area (Å²) >= 11 is 0. The molecule has 0 radical (unpaired) electrons. The van der Waals surface area contributed by atoms with Gasteiger partial charge in [-0.05, 0) is 54.3 Å². The summed E-state index contributed by atoms with van der Waals surface area (Å²) in [5.74, 6) is 0. The number of rotatable bonds is 3. The molecule has 0 spiro atoms. The average molecular weight is 275 g/mol. The lowest BCUT2D eigenvalue weighted by atomic mass is 9.92. The molecule has 1 aromatic rings. The van der Waals surface area contributed by atoms with Gasteiger partial charge in [0.15, 0.2) is 0 Å². The molecule has 1 aliphatic carbocycles. The third-order valence-electron chi connectivity index (χ3n) is 3.89. The van der Waals surface area contributed by atoms with Crippen molar-refractivity contribution < 1.29 is 0 Å². The Hall–Kier alpha value is -2.28. The summed E-state index contributed by atoms with van der Waals surface area (Å²) in [6.07, 6.45) is 19.9. The van der Waals surface area contributed by atoms with Crippen LogP contribution >= 0.6 is 0 Å². The molecule has 1 atom stereocenters. The highest BCUT2D eigenvalue weighted by atomic mass is 14.9. The van der Waals surface area contributed by atoms with Gasteiger partial charge in [0.2, 0.25) is 0 Å². The van der Waals surface area contributed by atoms with Gasteiger partial charge in [-0.3, -0.25) is 0 Å². The summed E-state index contributed by atoms with van der Waals surface area (Å²) in [4.78, 5) is 0. The molecule has 1 nitrogen and oxygen atoms in total. The van der Waals surface area contributed by atoms with E-state index in [-0.39, 0.29) is 6.04 Å². The fraction of sp³-hybridized carbons (Fsp3) is 0.200. The van der Waals surface area contributed by atoms with Crippen LogP contribution in [0.15, 0.2) is 78.1 Å². The third kappa shape index (κ3) is 3.08. The Morgan fingerprint density at radius 2 is 2.10 bits per heavy atom. The molecule has 0 aromatic heterocycles. The van der Waals surface area contributed by atoms with Crippen LogP contribution in [0.1, 0.15) is 36.9 Å². The Labute approximate surface area is 127 Å². The van der Waals surface area contributed by atoms with Crippen LogP contribution in [0.3, 0.4) is 0 Å². The van der Waals surface area contributed by atoms with Gasteiger partial charge < -0.3 is 5.32 Å². The number of benzene rings is 1. The molecule has 1 N–H and O–H groups in total. The molecule has 106 valence electrons. The second-order valence-corrected chi connectivity index (χ2v) is 5.37. The highest BCUT2D eigenvalue weighted by molar-refractivity contribution is 5.59. The number of nitrogens with one attached hydrogen (secondary N) is 1.